The van der Waals surface area contributed by atoms with Crippen LogP contribution >= 0.6 is 0 Å². The maximum atomic E-state index is 13.9. The van der Waals surface area contributed by atoms with Gasteiger partial charge in [-0.15, -0.1) is 0 Å². The first-order chi connectivity index (χ1) is 16.8. The third-order valence-electron chi connectivity index (χ3n) is 7.25. The van der Waals surface area contributed by atoms with E-state index < -0.39 is 18.2 Å². The summed E-state index contributed by atoms with van der Waals surface area (Å²) in [7, 11) is 2.08. The first-order valence-corrected chi connectivity index (χ1v) is 12.5. The summed E-state index contributed by atoms with van der Waals surface area (Å²) in [5.41, 5.74) is 3.34. The van der Waals surface area contributed by atoms with Crippen LogP contribution in [0.5, 0.6) is 0 Å². The number of aryl methyl sites for hydroxylation is 2. The van der Waals surface area contributed by atoms with Gasteiger partial charge in [0.2, 0.25) is 0 Å². The number of H-pyrrole nitrogens is 1. The molecular formula is C28H36FN3O3. The van der Waals surface area contributed by atoms with Gasteiger partial charge in [0.05, 0.1) is 11.0 Å². The number of ether oxygens (including phenoxy) is 1. The number of carbonyl (C=O) groups excluding carboxylic acids is 1. The zero-order valence-corrected chi connectivity index (χ0v) is 20.9. The fraction of sp³-hybridized carbons (Fsp3) is 0.500. The van der Waals surface area contributed by atoms with Crippen molar-refractivity contribution in [1.29, 1.82) is 0 Å². The molecule has 4 rings (SSSR count). The molecule has 0 unspecified atom stereocenters. The lowest BCUT2D eigenvalue weighted by Crippen LogP contribution is -2.49. The molecule has 0 fully saturated rings. The quantitative estimate of drug-likeness (QED) is 0.413. The zero-order chi connectivity index (χ0) is 25.0. The van der Waals surface area contributed by atoms with Gasteiger partial charge >= 0.3 is 5.97 Å². The maximum Gasteiger partial charge on any atom is 0.332 e. The summed E-state index contributed by atoms with van der Waals surface area (Å²) in [5.74, 6) is 0.267. The number of nitrogens with zero attached hydrogens (tertiary/aromatic N) is 2. The molecule has 0 saturated carbocycles. The summed E-state index contributed by atoms with van der Waals surface area (Å²) in [6.07, 6.45) is 3.72. The Labute approximate surface area is 206 Å². The number of benzene rings is 2. The molecule has 2 atom stereocenters. The molecule has 0 bridgehead atoms. The Morgan fingerprint density at radius 2 is 2.09 bits per heavy atom. The van der Waals surface area contributed by atoms with Crippen molar-refractivity contribution in [3.05, 3.63) is 65.2 Å². The number of rotatable bonds is 10. The summed E-state index contributed by atoms with van der Waals surface area (Å²) in [5, 5.41) is 9.45. The van der Waals surface area contributed by atoms with E-state index in [1.54, 1.807) is 6.07 Å². The molecule has 1 aromatic heterocycles. The average molecular weight is 482 g/mol. The van der Waals surface area contributed by atoms with Crippen molar-refractivity contribution in [2.24, 2.45) is 5.92 Å². The summed E-state index contributed by atoms with van der Waals surface area (Å²) in [4.78, 5) is 22.6. The van der Waals surface area contributed by atoms with Crippen molar-refractivity contribution in [3.63, 3.8) is 0 Å². The molecule has 0 amide bonds. The van der Waals surface area contributed by atoms with Gasteiger partial charge in [-0.1, -0.05) is 32.0 Å². The number of imidazole rings is 1. The molecule has 6 nitrogen and oxygen atoms in total. The number of esters is 1. The van der Waals surface area contributed by atoms with E-state index in [0.29, 0.717) is 19.3 Å². The minimum atomic E-state index is -0.730. The highest BCUT2D eigenvalue weighted by Crippen LogP contribution is 2.48. The Bertz CT molecular complexity index is 1130. The van der Waals surface area contributed by atoms with Gasteiger partial charge in [-0.2, -0.15) is 0 Å². The topological polar surface area (TPSA) is 78.5 Å². The molecule has 1 aliphatic rings. The molecule has 0 aliphatic heterocycles. The predicted molar refractivity (Wildman–Crippen MR) is 135 cm³/mol. The SMILES string of the molecule is CC(C)[C@H]1c2ccc(F)cc2CC[C@@]1(CCN(C)CCCc1nc2ccccc2[nH]1)OC(=O)CO. The number of carbonyl (C=O) groups is 1. The zero-order valence-electron chi connectivity index (χ0n) is 20.9. The number of para-hydroxylation sites is 2. The molecule has 35 heavy (non-hydrogen) atoms. The molecular weight excluding hydrogens is 445 g/mol. The van der Waals surface area contributed by atoms with E-state index >= 15 is 0 Å². The van der Waals surface area contributed by atoms with Crippen LogP contribution in [0.1, 0.15) is 56.0 Å². The van der Waals surface area contributed by atoms with Crippen LogP contribution in [0.15, 0.2) is 42.5 Å². The number of fused-ring (bicyclic) bond motifs is 2. The molecule has 1 heterocycles. The fourth-order valence-corrected chi connectivity index (χ4v) is 5.68. The van der Waals surface area contributed by atoms with Gasteiger partial charge in [0.25, 0.3) is 0 Å². The summed E-state index contributed by atoms with van der Waals surface area (Å²) in [6, 6.07) is 13.0. The van der Waals surface area contributed by atoms with Crippen molar-refractivity contribution in [3.8, 4) is 0 Å². The maximum absolute atomic E-state index is 13.9. The van der Waals surface area contributed by atoms with Crippen molar-refractivity contribution < 1.29 is 19.0 Å². The first kappa shape index (κ1) is 25.3. The molecule has 1 aliphatic carbocycles. The van der Waals surface area contributed by atoms with E-state index in [-0.39, 0.29) is 17.7 Å². The summed E-state index contributed by atoms with van der Waals surface area (Å²) >= 11 is 0. The second kappa shape index (κ2) is 10.9. The Hall–Kier alpha value is -2.77. The van der Waals surface area contributed by atoms with E-state index in [4.69, 9.17) is 4.74 Å². The lowest BCUT2D eigenvalue weighted by Gasteiger charge is -2.47. The number of halogens is 1. The van der Waals surface area contributed by atoms with Gasteiger partial charge < -0.3 is 19.7 Å². The molecule has 188 valence electrons. The van der Waals surface area contributed by atoms with Crippen LogP contribution in [0, 0.1) is 11.7 Å². The number of aromatic nitrogens is 2. The Kier molecular flexibility index (Phi) is 7.87. The molecule has 3 aromatic rings. The van der Waals surface area contributed by atoms with Crippen LogP contribution in [-0.4, -0.2) is 58.3 Å². The van der Waals surface area contributed by atoms with Gasteiger partial charge in [0.1, 0.15) is 23.8 Å². The van der Waals surface area contributed by atoms with Crippen LogP contribution in [-0.2, 0) is 22.4 Å². The van der Waals surface area contributed by atoms with Crippen LogP contribution in [0.3, 0.4) is 0 Å². The monoisotopic (exact) mass is 481 g/mol. The highest BCUT2D eigenvalue weighted by Gasteiger charge is 2.47. The Morgan fingerprint density at radius 1 is 1.29 bits per heavy atom. The summed E-state index contributed by atoms with van der Waals surface area (Å²) < 4.78 is 19.9. The molecule has 2 aromatic carbocycles. The lowest BCUT2D eigenvalue weighted by atomic mass is 9.65. The Balaban J connectivity index is 1.43. The number of hydrogen-bond acceptors (Lipinski definition) is 5. The van der Waals surface area contributed by atoms with Crippen molar-refractivity contribution in [1.82, 2.24) is 14.9 Å². The number of hydrogen-bond donors (Lipinski definition) is 2. The first-order valence-electron chi connectivity index (χ1n) is 12.5. The van der Waals surface area contributed by atoms with Crippen molar-refractivity contribution in [2.75, 3.05) is 26.7 Å². The third-order valence-corrected chi connectivity index (χ3v) is 7.25. The van der Waals surface area contributed by atoms with Gasteiger partial charge in [0.15, 0.2) is 0 Å². The Morgan fingerprint density at radius 3 is 2.83 bits per heavy atom. The predicted octanol–water partition coefficient (Wildman–Crippen LogP) is 4.62. The van der Waals surface area contributed by atoms with Gasteiger partial charge in [-0.05, 0) is 74.2 Å². The molecule has 7 heteroatoms. The van der Waals surface area contributed by atoms with Crippen LogP contribution in [0.2, 0.25) is 0 Å². The minimum absolute atomic E-state index is 0.0636. The van der Waals surface area contributed by atoms with E-state index in [1.807, 2.05) is 30.3 Å². The van der Waals surface area contributed by atoms with E-state index in [2.05, 4.69) is 35.8 Å². The van der Waals surface area contributed by atoms with E-state index in [0.717, 1.165) is 53.9 Å². The summed E-state index contributed by atoms with van der Waals surface area (Å²) in [6.45, 7) is 5.22. The van der Waals surface area contributed by atoms with E-state index in [1.165, 1.54) is 6.07 Å². The van der Waals surface area contributed by atoms with Gasteiger partial charge in [0, 0.05) is 25.3 Å². The van der Waals surface area contributed by atoms with Gasteiger partial charge in [-0.3, -0.25) is 0 Å². The second-order valence-corrected chi connectivity index (χ2v) is 10.1. The number of aliphatic hydroxyl groups excluding tert-OH is 1. The smallest absolute Gasteiger partial charge is 0.332 e. The third kappa shape index (κ3) is 5.73. The van der Waals surface area contributed by atoms with E-state index in [9.17, 15) is 14.3 Å². The largest absolute Gasteiger partial charge is 0.457 e. The highest BCUT2D eigenvalue weighted by atomic mass is 19.1. The van der Waals surface area contributed by atoms with Crippen LogP contribution in [0.4, 0.5) is 4.39 Å². The number of nitrogens with one attached hydrogen (secondary N) is 1. The molecule has 0 saturated heterocycles. The normalized spacial score (nSPS) is 19.9. The highest BCUT2D eigenvalue weighted by molar-refractivity contribution is 5.74. The second-order valence-electron chi connectivity index (χ2n) is 10.1. The van der Waals surface area contributed by atoms with Gasteiger partial charge in [-0.25, -0.2) is 14.2 Å². The standard InChI is InChI=1S/C28H36FN3O3/c1-19(2)27-22-11-10-21(29)17-20(22)12-13-28(27,35-26(34)18-33)14-16-32(3)15-6-9-25-30-23-7-4-5-8-24(23)31-25/h4-5,7-8,10-11,17,19,27,33H,6,9,12-16,18H2,1-3H3,(H,30,31)/t27-,28-/m0/s1. The molecule has 0 radical (unpaired) electrons. The number of aliphatic hydroxyl groups is 1. The lowest BCUT2D eigenvalue weighted by molar-refractivity contribution is -0.171. The van der Waals surface area contributed by atoms with Crippen molar-refractivity contribution in [2.45, 2.75) is 57.5 Å². The molecule has 0 spiro atoms. The average Bonchev–Trinajstić information content (AvgIpc) is 3.25. The van der Waals surface area contributed by atoms with Crippen LogP contribution in [0.25, 0.3) is 11.0 Å². The minimum Gasteiger partial charge on any atom is -0.457 e. The van der Waals surface area contributed by atoms with Crippen molar-refractivity contribution >= 4 is 17.0 Å². The number of aromatic amines is 1. The fourth-order valence-electron chi connectivity index (χ4n) is 5.68. The van der Waals surface area contributed by atoms with Crippen LogP contribution < -0.4 is 0 Å². The molecule has 2 N–H and O–H groups in total.